The van der Waals surface area contributed by atoms with Crippen LogP contribution in [-0.2, 0) is 6.54 Å². The monoisotopic (exact) mass is 363 g/mol. The summed E-state index contributed by atoms with van der Waals surface area (Å²) in [7, 11) is 0. The largest absolute Gasteiger partial charge is 0.365 e. The Morgan fingerprint density at radius 2 is 1.88 bits per heavy atom. The van der Waals surface area contributed by atoms with E-state index in [1.54, 1.807) is 29.8 Å². The topological polar surface area (TPSA) is 37.8 Å². The summed E-state index contributed by atoms with van der Waals surface area (Å²) >= 11 is 1.60. The first kappa shape index (κ1) is 16.7. The normalized spacial score (nSPS) is 11.0. The molecule has 0 radical (unpaired) electrons. The van der Waals surface area contributed by atoms with E-state index in [0.29, 0.717) is 12.1 Å². The first-order chi connectivity index (χ1) is 12.6. The summed E-state index contributed by atoms with van der Waals surface area (Å²) in [5.41, 5.74) is 5.35. The molecular formula is C21H18FN3S. The van der Waals surface area contributed by atoms with Gasteiger partial charge < -0.3 is 5.32 Å². The van der Waals surface area contributed by atoms with Crippen LogP contribution in [0.4, 0.5) is 10.2 Å². The summed E-state index contributed by atoms with van der Waals surface area (Å²) in [5.74, 6) is 0.514. The van der Waals surface area contributed by atoms with Gasteiger partial charge in [0.15, 0.2) is 0 Å². The summed E-state index contributed by atoms with van der Waals surface area (Å²) < 4.78 is 13.9. The van der Waals surface area contributed by atoms with Gasteiger partial charge in [0.1, 0.15) is 22.8 Å². The number of nitrogens with zero attached hydrogens (tertiary/aromatic N) is 2. The second kappa shape index (κ2) is 6.84. The molecule has 3 nitrogen and oxygen atoms in total. The molecule has 2 aromatic carbocycles. The van der Waals surface area contributed by atoms with Gasteiger partial charge >= 0.3 is 0 Å². The van der Waals surface area contributed by atoms with Crippen LogP contribution in [-0.4, -0.2) is 9.97 Å². The van der Waals surface area contributed by atoms with Gasteiger partial charge in [-0.25, -0.2) is 14.4 Å². The van der Waals surface area contributed by atoms with Gasteiger partial charge in [-0.1, -0.05) is 42.0 Å². The highest BCUT2D eigenvalue weighted by molar-refractivity contribution is 7.17. The molecule has 0 amide bonds. The highest BCUT2D eigenvalue weighted by Crippen LogP contribution is 2.38. The van der Waals surface area contributed by atoms with Crippen LogP contribution in [0.3, 0.4) is 0 Å². The maximum Gasteiger partial charge on any atom is 0.139 e. The van der Waals surface area contributed by atoms with Crippen molar-refractivity contribution in [3.63, 3.8) is 0 Å². The molecule has 0 saturated heterocycles. The fraction of sp³-hybridized carbons (Fsp3) is 0.143. The van der Waals surface area contributed by atoms with E-state index in [4.69, 9.17) is 0 Å². The average molecular weight is 363 g/mol. The Morgan fingerprint density at radius 3 is 2.69 bits per heavy atom. The van der Waals surface area contributed by atoms with Gasteiger partial charge in [0.25, 0.3) is 0 Å². The Balaban J connectivity index is 1.76. The molecule has 4 aromatic rings. The van der Waals surface area contributed by atoms with Crippen molar-refractivity contribution in [1.82, 2.24) is 9.97 Å². The van der Waals surface area contributed by atoms with E-state index < -0.39 is 0 Å². The van der Waals surface area contributed by atoms with Crippen LogP contribution in [0.25, 0.3) is 21.3 Å². The Labute approximate surface area is 155 Å². The summed E-state index contributed by atoms with van der Waals surface area (Å²) in [6, 6.07) is 13.2. The van der Waals surface area contributed by atoms with E-state index in [1.165, 1.54) is 22.8 Å². The lowest BCUT2D eigenvalue weighted by molar-refractivity contribution is 0.613. The number of aromatic nitrogens is 2. The van der Waals surface area contributed by atoms with Crippen LogP contribution in [0.15, 0.2) is 54.2 Å². The van der Waals surface area contributed by atoms with Crippen molar-refractivity contribution in [2.24, 2.45) is 0 Å². The third-order valence-corrected chi connectivity index (χ3v) is 5.33. The second-order valence-electron chi connectivity index (χ2n) is 6.32. The summed E-state index contributed by atoms with van der Waals surface area (Å²) in [6.45, 7) is 4.58. The zero-order valence-corrected chi connectivity index (χ0v) is 15.4. The van der Waals surface area contributed by atoms with Crippen molar-refractivity contribution >= 4 is 27.4 Å². The number of halogens is 1. The van der Waals surface area contributed by atoms with Crippen molar-refractivity contribution < 1.29 is 4.39 Å². The Morgan fingerprint density at radius 1 is 1.04 bits per heavy atom. The van der Waals surface area contributed by atoms with E-state index in [2.05, 4.69) is 52.7 Å². The minimum Gasteiger partial charge on any atom is -0.365 e. The molecule has 4 rings (SSSR count). The van der Waals surface area contributed by atoms with Crippen LogP contribution in [0.1, 0.15) is 16.7 Å². The van der Waals surface area contributed by atoms with Gasteiger partial charge in [0.05, 0.1) is 5.39 Å². The lowest BCUT2D eigenvalue weighted by Gasteiger charge is -2.10. The van der Waals surface area contributed by atoms with Crippen LogP contribution in [0.2, 0.25) is 0 Å². The zero-order valence-electron chi connectivity index (χ0n) is 14.6. The van der Waals surface area contributed by atoms with Gasteiger partial charge in [-0.2, -0.15) is 0 Å². The Hall–Kier alpha value is -2.79. The Kier molecular flexibility index (Phi) is 4.39. The highest BCUT2D eigenvalue weighted by atomic mass is 32.1. The third kappa shape index (κ3) is 3.06. The van der Waals surface area contributed by atoms with Crippen molar-refractivity contribution in [2.75, 3.05) is 5.32 Å². The first-order valence-electron chi connectivity index (χ1n) is 8.40. The maximum absolute atomic E-state index is 13.9. The molecule has 0 aliphatic rings. The zero-order chi connectivity index (χ0) is 18.1. The molecule has 5 heteroatoms. The molecule has 26 heavy (non-hydrogen) atoms. The van der Waals surface area contributed by atoms with E-state index >= 15 is 0 Å². The highest BCUT2D eigenvalue weighted by Gasteiger charge is 2.15. The average Bonchev–Trinajstić information content (AvgIpc) is 3.06. The van der Waals surface area contributed by atoms with Gasteiger partial charge in [-0.15, -0.1) is 11.3 Å². The molecule has 0 spiro atoms. The van der Waals surface area contributed by atoms with Crippen LogP contribution in [0.5, 0.6) is 0 Å². The first-order valence-corrected chi connectivity index (χ1v) is 9.28. The molecule has 0 bridgehead atoms. The predicted octanol–water partition coefficient (Wildman–Crippen LogP) is 5.73. The smallest absolute Gasteiger partial charge is 0.139 e. The summed E-state index contributed by atoms with van der Waals surface area (Å²) in [4.78, 5) is 9.74. The number of hydrogen-bond donors (Lipinski definition) is 1. The molecule has 0 unspecified atom stereocenters. The molecule has 0 fully saturated rings. The van der Waals surface area contributed by atoms with Crippen molar-refractivity contribution in [3.8, 4) is 11.1 Å². The number of thiophene rings is 1. The van der Waals surface area contributed by atoms with Gasteiger partial charge in [-0.3, -0.25) is 0 Å². The lowest BCUT2D eigenvalue weighted by atomic mass is 9.99. The number of aryl methyl sites for hydroxylation is 2. The van der Waals surface area contributed by atoms with E-state index in [-0.39, 0.29) is 5.82 Å². The maximum atomic E-state index is 13.9. The third-order valence-electron chi connectivity index (χ3n) is 4.45. The lowest BCUT2D eigenvalue weighted by Crippen LogP contribution is -2.04. The number of benzene rings is 2. The van der Waals surface area contributed by atoms with E-state index in [9.17, 15) is 4.39 Å². The fourth-order valence-electron chi connectivity index (χ4n) is 3.14. The summed E-state index contributed by atoms with van der Waals surface area (Å²) in [6.07, 6.45) is 1.55. The Bertz CT molecular complexity index is 1090. The molecule has 2 heterocycles. The van der Waals surface area contributed by atoms with Crippen LogP contribution < -0.4 is 5.32 Å². The molecule has 0 aliphatic carbocycles. The predicted molar refractivity (Wildman–Crippen MR) is 106 cm³/mol. The number of fused-ring (bicyclic) bond motifs is 1. The number of nitrogens with one attached hydrogen (secondary N) is 1. The molecule has 130 valence electrons. The fourth-order valence-corrected chi connectivity index (χ4v) is 4.05. The summed E-state index contributed by atoms with van der Waals surface area (Å²) in [5, 5.41) is 6.39. The van der Waals surface area contributed by atoms with Crippen molar-refractivity contribution in [1.29, 1.82) is 0 Å². The minimum absolute atomic E-state index is 0.217. The van der Waals surface area contributed by atoms with Gasteiger partial charge in [0.2, 0.25) is 0 Å². The van der Waals surface area contributed by atoms with Gasteiger partial charge in [0, 0.05) is 23.1 Å². The number of anilines is 1. The van der Waals surface area contributed by atoms with Gasteiger partial charge in [-0.05, 0) is 31.0 Å². The van der Waals surface area contributed by atoms with Crippen molar-refractivity contribution in [3.05, 3.63) is 76.7 Å². The van der Waals surface area contributed by atoms with E-state index in [1.807, 2.05) is 6.07 Å². The van der Waals surface area contributed by atoms with Crippen LogP contribution in [0, 0.1) is 19.7 Å². The number of rotatable bonds is 4. The molecule has 0 saturated carbocycles. The quantitative estimate of drug-likeness (QED) is 0.503. The standard InChI is InChI=1S/C21H18FN3S/c1-13-7-8-16(14(2)9-13)17-11-26-21-19(17)20(24-12-25-21)23-10-15-5-3-4-6-18(15)22/h3-9,11-12H,10H2,1-2H3,(H,23,24,25). The second-order valence-corrected chi connectivity index (χ2v) is 7.17. The minimum atomic E-state index is -0.217. The molecule has 0 atom stereocenters. The SMILES string of the molecule is Cc1ccc(-c2csc3ncnc(NCc4ccccc4F)c23)c(C)c1. The number of hydrogen-bond acceptors (Lipinski definition) is 4. The van der Waals surface area contributed by atoms with Crippen LogP contribution >= 0.6 is 11.3 Å². The molecule has 1 N–H and O–H groups in total. The molecule has 0 aliphatic heterocycles. The molecule has 2 aromatic heterocycles. The van der Waals surface area contributed by atoms with Crippen molar-refractivity contribution in [2.45, 2.75) is 20.4 Å². The molecular weight excluding hydrogens is 345 g/mol. The van der Waals surface area contributed by atoms with E-state index in [0.717, 1.165) is 21.6 Å².